The van der Waals surface area contributed by atoms with Crippen LogP contribution in [0.5, 0.6) is 0 Å². The van der Waals surface area contributed by atoms with Gasteiger partial charge in [0.25, 0.3) is 5.91 Å². The van der Waals surface area contributed by atoms with E-state index in [0.29, 0.717) is 0 Å². The molecule has 0 fully saturated rings. The van der Waals surface area contributed by atoms with Crippen LogP contribution in [-0.4, -0.2) is 16.7 Å². The van der Waals surface area contributed by atoms with Gasteiger partial charge in [-0.1, -0.05) is 24.3 Å². The highest BCUT2D eigenvalue weighted by molar-refractivity contribution is 5.94. The van der Waals surface area contributed by atoms with Gasteiger partial charge in [0.05, 0.1) is 11.9 Å². The van der Waals surface area contributed by atoms with Gasteiger partial charge in [-0.25, -0.2) is 9.82 Å². The molecule has 0 aliphatic heterocycles. The van der Waals surface area contributed by atoms with Gasteiger partial charge < -0.3 is 4.57 Å². The second-order valence-corrected chi connectivity index (χ2v) is 5.28. The number of aromatic nitrogens is 1. The molecule has 1 N–H and O–H groups in total. The first-order valence-corrected chi connectivity index (χ1v) is 7.48. The zero-order valence-electron chi connectivity index (χ0n) is 13.1. The quantitative estimate of drug-likeness (QED) is 0.578. The molecule has 2 aromatic carbocycles. The van der Waals surface area contributed by atoms with Gasteiger partial charge in [0.1, 0.15) is 5.82 Å². The van der Waals surface area contributed by atoms with Crippen LogP contribution in [0.4, 0.5) is 4.39 Å². The van der Waals surface area contributed by atoms with Crippen LogP contribution in [0.2, 0.25) is 0 Å². The van der Waals surface area contributed by atoms with Crippen molar-refractivity contribution in [2.75, 3.05) is 0 Å². The molecule has 4 nitrogen and oxygen atoms in total. The predicted octanol–water partition coefficient (Wildman–Crippen LogP) is 3.69. The Balaban J connectivity index is 1.77. The summed E-state index contributed by atoms with van der Waals surface area (Å²) in [5, 5.41) is 3.98. The van der Waals surface area contributed by atoms with Crippen LogP contribution >= 0.6 is 0 Å². The number of hydrazone groups is 1. The molecule has 1 heterocycles. The average molecular weight is 321 g/mol. The molecule has 3 aromatic rings. The van der Waals surface area contributed by atoms with E-state index in [2.05, 4.69) is 10.5 Å². The Bertz CT molecular complexity index is 885. The van der Waals surface area contributed by atoms with Crippen molar-refractivity contribution in [3.05, 3.63) is 89.5 Å². The Labute approximate surface area is 139 Å². The van der Waals surface area contributed by atoms with Crippen molar-refractivity contribution in [1.82, 2.24) is 9.99 Å². The molecular formula is C19H16FN3O. The molecule has 120 valence electrons. The highest BCUT2D eigenvalue weighted by atomic mass is 19.1. The summed E-state index contributed by atoms with van der Waals surface area (Å²) in [6, 6.07) is 19.2. The standard InChI is InChI=1S/C19H16FN3O/c1-14-10-11-18(23(14)17-8-3-2-4-9-17)13-21-22-19(24)15-6-5-7-16(20)12-15/h2-13H,1H3,(H,22,24)/b21-13+. The highest BCUT2D eigenvalue weighted by Gasteiger charge is 2.07. The lowest BCUT2D eigenvalue weighted by atomic mass is 10.2. The molecule has 24 heavy (non-hydrogen) atoms. The Morgan fingerprint density at radius 1 is 1.08 bits per heavy atom. The third kappa shape index (κ3) is 3.41. The number of hydrogen-bond acceptors (Lipinski definition) is 2. The van der Waals surface area contributed by atoms with Crippen molar-refractivity contribution in [2.45, 2.75) is 6.92 Å². The Morgan fingerprint density at radius 2 is 1.88 bits per heavy atom. The SMILES string of the molecule is Cc1ccc(/C=N/NC(=O)c2cccc(F)c2)n1-c1ccccc1. The maximum atomic E-state index is 13.1. The zero-order valence-corrected chi connectivity index (χ0v) is 13.1. The summed E-state index contributed by atoms with van der Waals surface area (Å²) in [6.45, 7) is 2.00. The third-order valence-electron chi connectivity index (χ3n) is 3.57. The summed E-state index contributed by atoms with van der Waals surface area (Å²) in [5.41, 5.74) is 5.54. The molecule has 0 saturated carbocycles. The first-order valence-electron chi connectivity index (χ1n) is 7.48. The first-order chi connectivity index (χ1) is 11.6. The lowest BCUT2D eigenvalue weighted by molar-refractivity contribution is 0.0954. The van der Waals surface area contributed by atoms with Crippen molar-refractivity contribution in [1.29, 1.82) is 0 Å². The summed E-state index contributed by atoms with van der Waals surface area (Å²) in [5.74, 6) is -0.916. The van der Waals surface area contributed by atoms with Crippen LogP contribution in [0.25, 0.3) is 5.69 Å². The second-order valence-electron chi connectivity index (χ2n) is 5.28. The van der Waals surface area contributed by atoms with E-state index in [9.17, 15) is 9.18 Å². The molecule has 0 atom stereocenters. The third-order valence-corrected chi connectivity index (χ3v) is 3.57. The lowest BCUT2D eigenvalue weighted by Gasteiger charge is -2.08. The summed E-state index contributed by atoms with van der Waals surface area (Å²) < 4.78 is 15.2. The molecule has 0 radical (unpaired) electrons. The Morgan fingerprint density at radius 3 is 2.62 bits per heavy atom. The van der Waals surface area contributed by atoms with Gasteiger partial charge in [0.2, 0.25) is 0 Å². The molecule has 0 saturated heterocycles. The molecule has 0 aliphatic carbocycles. The summed E-state index contributed by atoms with van der Waals surface area (Å²) in [4.78, 5) is 11.9. The van der Waals surface area contributed by atoms with E-state index in [4.69, 9.17) is 0 Å². The highest BCUT2D eigenvalue weighted by Crippen LogP contribution is 2.15. The number of benzene rings is 2. The van der Waals surface area contributed by atoms with Crippen LogP contribution in [0.3, 0.4) is 0 Å². The Kier molecular flexibility index (Phi) is 4.52. The van der Waals surface area contributed by atoms with Gasteiger partial charge >= 0.3 is 0 Å². The molecule has 0 spiro atoms. The smallest absolute Gasteiger partial charge is 0.271 e. The number of hydrogen-bond donors (Lipinski definition) is 1. The van der Waals surface area contributed by atoms with Crippen molar-refractivity contribution in [3.63, 3.8) is 0 Å². The largest absolute Gasteiger partial charge is 0.313 e. The fourth-order valence-corrected chi connectivity index (χ4v) is 2.44. The minimum absolute atomic E-state index is 0.224. The summed E-state index contributed by atoms with van der Waals surface area (Å²) in [6.07, 6.45) is 1.57. The molecule has 0 bridgehead atoms. The number of aryl methyl sites for hydroxylation is 1. The van der Waals surface area contributed by atoms with Crippen molar-refractivity contribution in [3.8, 4) is 5.69 Å². The first kappa shape index (κ1) is 15.7. The van der Waals surface area contributed by atoms with E-state index in [-0.39, 0.29) is 5.56 Å². The van der Waals surface area contributed by atoms with E-state index in [0.717, 1.165) is 17.1 Å². The van der Waals surface area contributed by atoms with Gasteiger partial charge in [-0.15, -0.1) is 0 Å². The summed E-state index contributed by atoms with van der Waals surface area (Å²) >= 11 is 0. The van der Waals surface area contributed by atoms with E-state index < -0.39 is 11.7 Å². The minimum Gasteiger partial charge on any atom is -0.313 e. The van der Waals surface area contributed by atoms with Crippen molar-refractivity contribution in [2.24, 2.45) is 5.10 Å². The Hall–Kier alpha value is -3.21. The van der Waals surface area contributed by atoms with Gasteiger partial charge in [-0.3, -0.25) is 4.79 Å². The number of carbonyl (C=O) groups is 1. The molecule has 1 amide bonds. The molecule has 1 aromatic heterocycles. The molecule has 3 rings (SSSR count). The monoisotopic (exact) mass is 321 g/mol. The van der Waals surface area contributed by atoms with Crippen LogP contribution in [0.15, 0.2) is 71.8 Å². The number of nitrogens with one attached hydrogen (secondary N) is 1. The van der Waals surface area contributed by atoms with E-state index in [1.54, 1.807) is 6.21 Å². The molecular weight excluding hydrogens is 305 g/mol. The minimum atomic E-state index is -0.458. The fraction of sp³-hybridized carbons (Fsp3) is 0.0526. The normalized spacial score (nSPS) is 10.9. The van der Waals surface area contributed by atoms with E-state index >= 15 is 0 Å². The van der Waals surface area contributed by atoms with Gasteiger partial charge in [0.15, 0.2) is 0 Å². The number of amides is 1. The average Bonchev–Trinajstić information content (AvgIpc) is 2.96. The zero-order chi connectivity index (χ0) is 16.9. The fourth-order valence-electron chi connectivity index (χ4n) is 2.44. The van der Waals surface area contributed by atoms with Gasteiger partial charge in [0, 0.05) is 16.9 Å². The predicted molar refractivity (Wildman–Crippen MR) is 92.0 cm³/mol. The number of nitrogens with zero attached hydrogens (tertiary/aromatic N) is 2. The number of para-hydroxylation sites is 1. The number of rotatable bonds is 4. The van der Waals surface area contributed by atoms with Crippen molar-refractivity contribution < 1.29 is 9.18 Å². The van der Waals surface area contributed by atoms with Crippen LogP contribution in [-0.2, 0) is 0 Å². The van der Waals surface area contributed by atoms with Crippen molar-refractivity contribution >= 4 is 12.1 Å². The number of carbonyl (C=O) groups excluding carboxylic acids is 1. The van der Waals surface area contributed by atoms with Crippen LogP contribution in [0.1, 0.15) is 21.7 Å². The maximum Gasteiger partial charge on any atom is 0.271 e. The molecule has 0 aliphatic rings. The molecule has 0 unspecified atom stereocenters. The maximum absolute atomic E-state index is 13.1. The summed E-state index contributed by atoms with van der Waals surface area (Å²) in [7, 11) is 0. The number of halogens is 1. The van der Waals surface area contributed by atoms with Gasteiger partial charge in [-0.2, -0.15) is 5.10 Å². The van der Waals surface area contributed by atoms with E-state index in [1.165, 1.54) is 24.3 Å². The van der Waals surface area contributed by atoms with Crippen LogP contribution < -0.4 is 5.43 Å². The van der Waals surface area contributed by atoms with Gasteiger partial charge in [-0.05, 0) is 49.4 Å². The topological polar surface area (TPSA) is 46.4 Å². The van der Waals surface area contributed by atoms with Crippen LogP contribution in [0, 0.1) is 12.7 Å². The van der Waals surface area contributed by atoms with E-state index in [1.807, 2.05) is 54.0 Å². The molecule has 5 heteroatoms. The lowest BCUT2D eigenvalue weighted by Crippen LogP contribution is -2.18. The second kappa shape index (κ2) is 6.91.